The number of rotatable bonds is 2. The molecule has 3 heteroatoms. The number of hydrogen-bond donors (Lipinski definition) is 1. The minimum Gasteiger partial charge on any atom is -0.358 e. The Kier molecular flexibility index (Phi) is 3.28. The van der Waals surface area contributed by atoms with Gasteiger partial charge in [-0.1, -0.05) is 25.1 Å². The highest BCUT2D eigenvalue weighted by atomic mass is 16.2. The number of aromatic amines is 1. The highest BCUT2D eigenvalue weighted by Gasteiger charge is 2.24. The second kappa shape index (κ2) is 5.08. The summed E-state index contributed by atoms with van der Waals surface area (Å²) >= 11 is 0. The SMILES string of the molecule is CCC(=O)N1CCCC(c2cc3ccccc3[nH]2)C1. The van der Waals surface area contributed by atoms with Crippen molar-refractivity contribution in [3.63, 3.8) is 0 Å². The van der Waals surface area contributed by atoms with Crippen molar-refractivity contribution in [2.24, 2.45) is 0 Å². The monoisotopic (exact) mass is 256 g/mol. The van der Waals surface area contributed by atoms with E-state index in [1.807, 2.05) is 11.8 Å². The summed E-state index contributed by atoms with van der Waals surface area (Å²) in [7, 11) is 0. The Balaban J connectivity index is 1.83. The molecule has 2 aromatic rings. The van der Waals surface area contributed by atoms with E-state index < -0.39 is 0 Å². The molecular weight excluding hydrogens is 236 g/mol. The third kappa shape index (κ3) is 2.37. The summed E-state index contributed by atoms with van der Waals surface area (Å²) < 4.78 is 0. The Bertz CT molecular complexity index is 554. The number of amides is 1. The zero-order valence-corrected chi connectivity index (χ0v) is 11.4. The van der Waals surface area contributed by atoms with E-state index in [1.165, 1.54) is 23.0 Å². The Labute approximate surface area is 113 Å². The average Bonchev–Trinajstić information content (AvgIpc) is 2.90. The van der Waals surface area contributed by atoms with Crippen LogP contribution in [0.25, 0.3) is 10.9 Å². The van der Waals surface area contributed by atoms with Crippen LogP contribution < -0.4 is 0 Å². The Morgan fingerprint density at radius 1 is 1.42 bits per heavy atom. The number of aromatic nitrogens is 1. The molecule has 1 amide bonds. The van der Waals surface area contributed by atoms with Gasteiger partial charge in [0.05, 0.1) is 0 Å². The van der Waals surface area contributed by atoms with Crippen molar-refractivity contribution >= 4 is 16.8 Å². The summed E-state index contributed by atoms with van der Waals surface area (Å²) in [4.78, 5) is 17.3. The van der Waals surface area contributed by atoms with Crippen molar-refractivity contribution in [2.75, 3.05) is 13.1 Å². The van der Waals surface area contributed by atoms with Crippen LogP contribution in [0.5, 0.6) is 0 Å². The van der Waals surface area contributed by atoms with Crippen LogP contribution in [0.1, 0.15) is 37.8 Å². The molecule has 0 radical (unpaired) electrons. The molecule has 1 unspecified atom stereocenters. The van der Waals surface area contributed by atoms with E-state index in [-0.39, 0.29) is 5.91 Å². The lowest BCUT2D eigenvalue weighted by atomic mass is 9.94. The summed E-state index contributed by atoms with van der Waals surface area (Å²) in [6.07, 6.45) is 2.88. The summed E-state index contributed by atoms with van der Waals surface area (Å²) in [5.74, 6) is 0.734. The maximum Gasteiger partial charge on any atom is 0.222 e. The number of carbonyl (C=O) groups excluding carboxylic acids is 1. The standard InChI is InChI=1S/C16H20N2O/c1-2-16(19)18-9-5-7-13(11-18)15-10-12-6-3-4-8-14(12)17-15/h3-4,6,8,10,13,17H,2,5,7,9,11H2,1H3. The second-order valence-electron chi connectivity index (χ2n) is 5.34. The number of fused-ring (bicyclic) bond motifs is 1. The fourth-order valence-electron chi connectivity index (χ4n) is 3.00. The number of benzene rings is 1. The van der Waals surface area contributed by atoms with Gasteiger partial charge in [-0.25, -0.2) is 0 Å². The third-order valence-electron chi connectivity index (χ3n) is 4.07. The van der Waals surface area contributed by atoms with Crippen molar-refractivity contribution in [1.82, 2.24) is 9.88 Å². The number of nitrogens with zero attached hydrogens (tertiary/aromatic N) is 1. The van der Waals surface area contributed by atoms with Crippen molar-refractivity contribution in [3.05, 3.63) is 36.0 Å². The van der Waals surface area contributed by atoms with Gasteiger partial charge in [0.25, 0.3) is 0 Å². The maximum absolute atomic E-state index is 11.8. The van der Waals surface area contributed by atoms with Gasteiger partial charge in [-0.2, -0.15) is 0 Å². The van der Waals surface area contributed by atoms with Crippen molar-refractivity contribution in [1.29, 1.82) is 0 Å². The molecule has 1 aliphatic heterocycles. The molecule has 1 aromatic heterocycles. The number of piperidine rings is 1. The van der Waals surface area contributed by atoms with Gasteiger partial charge >= 0.3 is 0 Å². The molecule has 3 nitrogen and oxygen atoms in total. The molecule has 3 rings (SSSR count). The molecule has 1 saturated heterocycles. The van der Waals surface area contributed by atoms with Gasteiger partial charge in [-0.3, -0.25) is 4.79 Å². The van der Waals surface area contributed by atoms with E-state index in [1.54, 1.807) is 0 Å². The number of nitrogens with one attached hydrogen (secondary N) is 1. The predicted octanol–water partition coefficient (Wildman–Crippen LogP) is 3.28. The molecule has 0 aliphatic carbocycles. The van der Waals surface area contributed by atoms with Crippen LogP contribution in [0.2, 0.25) is 0 Å². The Morgan fingerprint density at radius 3 is 3.05 bits per heavy atom. The van der Waals surface area contributed by atoms with E-state index in [2.05, 4.69) is 35.3 Å². The molecule has 1 aliphatic rings. The van der Waals surface area contributed by atoms with E-state index in [0.29, 0.717) is 12.3 Å². The maximum atomic E-state index is 11.8. The third-order valence-corrected chi connectivity index (χ3v) is 4.07. The number of carbonyl (C=O) groups is 1. The van der Waals surface area contributed by atoms with E-state index in [4.69, 9.17) is 0 Å². The normalized spacial score (nSPS) is 19.8. The number of H-pyrrole nitrogens is 1. The fraction of sp³-hybridized carbons (Fsp3) is 0.438. The van der Waals surface area contributed by atoms with Crippen LogP contribution in [-0.2, 0) is 4.79 Å². The topological polar surface area (TPSA) is 36.1 Å². The molecule has 0 spiro atoms. The highest BCUT2D eigenvalue weighted by molar-refractivity contribution is 5.80. The molecular formula is C16H20N2O. The summed E-state index contributed by atoms with van der Waals surface area (Å²) in [5.41, 5.74) is 2.46. The minimum atomic E-state index is 0.279. The Morgan fingerprint density at radius 2 is 2.26 bits per heavy atom. The molecule has 1 atom stereocenters. The number of hydrogen-bond acceptors (Lipinski definition) is 1. The van der Waals surface area contributed by atoms with Crippen molar-refractivity contribution in [3.8, 4) is 0 Å². The lowest BCUT2D eigenvalue weighted by molar-refractivity contribution is -0.132. The zero-order chi connectivity index (χ0) is 13.2. The van der Waals surface area contributed by atoms with Crippen LogP contribution in [-0.4, -0.2) is 28.9 Å². The van der Waals surface area contributed by atoms with E-state index >= 15 is 0 Å². The molecule has 0 bridgehead atoms. The molecule has 2 heterocycles. The van der Waals surface area contributed by atoms with E-state index in [9.17, 15) is 4.79 Å². The van der Waals surface area contributed by atoms with Gasteiger partial charge in [0.2, 0.25) is 5.91 Å². The van der Waals surface area contributed by atoms with Crippen LogP contribution in [0.3, 0.4) is 0 Å². The summed E-state index contributed by atoms with van der Waals surface area (Å²) in [5, 5.41) is 1.26. The molecule has 0 saturated carbocycles. The molecule has 1 aromatic carbocycles. The highest BCUT2D eigenvalue weighted by Crippen LogP contribution is 2.29. The predicted molar refractivity (Wildman–Crippen MR) is 77.1 cm³/mol. The van der Waals surface area contributed by atoms with Gasteiger partial charge in [0, 0.05) is 36.6 Å². The van der Waals surface area contributed by atoms with Gasteiger partial charge < -0.3 is 9.88 Å². The first kappa shape index (κ1) is 12.3. The first-order valence-corrected chi connectivity index (χ1v) is 7.13. The van der Waals surface area contributed by atoms with Gasteiger partial charge in [-0.15, -0.1) is 0 Å². The summed E-state index contributed by atoms with van der Waals surface area (Å²) in [6.45, 7) is 3.72. The fourth-order valence-corrected chi connectivity index (χ4v) is 3.00. The van der Waals surface area contributed by atoms with Crippen LogP contribution in [0, 0.1) is 0 Å². The van der Waals surface area contributed by atoms with Gasteiger partial charge in [-0.05, 0) is 30.4 Å². The summed E-state index contributed by atoms with van der Waals surface area (Å²) in [6, 6.07) is 10.6. The average molecular weight is 256 g/mol. The van der Waals surface area contributed by atoms with Gasteiger partial charge in [0.15, 0.2) is 0 Å². The smallest absolute Gasteiger partial charge is 0.222 e. The lowest BCUT2D eigenvalue weighted by Crippen LogP contribution is -2.38. The quantitative estimate of drug-likeness (QED) is 0.879. The second-order valence-corrected chi connectivity index (χ2v) is 5.34. The molecule has 19 heavy (non-hydrogen) atoms. The van der Waals surface area contributed by atoms with E-state index in [0.717, 1.165) is 19.5 Å². The van der Waals surface area contributed by atoms with Gasteiger partial charge in [0.1, 0.15) is 0 Å². The molecule has 1 fully saturated rings. The zero-order valence-electron chi connectivity index (χ0n) is 11.4. The van der Waals surface area contributed by atoms with Crippen LogP contribution in [0.4, 0.5) is 0 Å². The number of likely N-dealkylation sites (tertiary alicyclic amines) is 1. The van der Waals surface area contributed by atoms with Crippen molar-refractivity contribution in [2.45, 2.75) is 32.1 Å². The molecule has 100 valence electrons. The first-order valence-electron chi connectivity index (χ1n) is 7.13. The van der Waals surface area contributed by atoms with Crippen molar-refractivity contribution < 1.29 is 4.79 Å². The number of para-hydroxylation sites is 1. The largest absolute Gasteiger partial charge is 0.358 e. The van der Waals surface area contributed by atoms with Crippen LogP contribution >= 0.6 is 0 Å². The van der Waals surface area contributed by atoms with Crippen LogP contribution in [0.15, 0.2) is 30.3 Å². The Hall–Kier alpha value is -1.77. The molecule has 1 N–H and O–H groups in total. The minimum absolute atomic E-state index is 0.279. The lowest BCUT2D eigenvalue weighted by Gasteiger charge is -2.32. The first-order chi connectivity index (χ1) is 9.28.